The molecule has 0 aliphatic rings. The summed E-state index contributed by atoms with van der Waals surface area (Å²) in [5, 5.41) is 3.07. The van der Waals surface area contributed by atoms with Crippen molar-refractivity contribution < 1.29 is 0 Å². The summed E-state index contributed by atoms with van der Waals surface area (Å²) in [7, 11) is -1.53. The molecule has 2 aromatic carbocycles. The molecule has 0 saturated carbocycles. The fourth-order valence-corrected chi connectivity index (χ4v) is 5.46. The van der Waals surface area contributed by atoms with Gasteiger partial charge in [-0.3, -0.25) is 0 Å². The van der Waals surface area contributed by atoms with Crippen LogP contribution >= 0.6 is 0 Å². The van der Waals surface area contributed by atoms with Crippen molar-refractivity contribution in [3.05, 3.63) is 59.7 Å². The minimum atomic E-state index is -1.53. The number of rotatable bonds is 2. The monoisotopic (exact) mass is 240 g/mol. The van der Waals surface area contributed by atoms with E-state index in [2.05, 4.69) is 75.5 Å². The van der Waals surface area contributed by atoms with E-state index in [0.29, 0.717) is 0 Å². The highest BCUT2D eigenvalue weighted by atomic mass is 28.3. The molecule has 2 rings (SSSR count). The van der Waals surface area contributed by atoms with E-state index in [9.17, 15) is 0 Å². The van der Waals surface area contributed by atoms with E-state index in [1.165, 1.54) is 16.3 Å². The van der Waals surface area contributed by atoms with E-state index in [1.54, 1.807) is 5.19 Å². The van der Waals surface area contributed by atoms with Gasteiger partial charge >= 0.3 is 0 Å². The Morgan fingerprint density at radius 1 is 0.824 bits per heavy atom. The fraction of sp³-hybridized carbons (Fsp3) is 0.250. The Morgan fingerprint density at radius 2 is 1.53 bits per heavy atom. The van der Waals surface area contributed by atoms with Crippen molar-refractivity contribution in [2.45, 2.75) is 26.9 Å². The fourth-order valence-electron chi connectivity index (χ4n) is 2.46. The molecule has 0 saturated heterocycles. The molecule has 0 bridgehead atoms. The molecule has 0 nitrogen and oxygen atoms in total. The highest BCUT2D eigenvalue weighted by Gasteiger charge is 2.27. The van der Waals surface area contributed by atoms with E-state index in [0.717, 1.165) is 0 Å². The van der Waals surface area contributed by atoms with Gasteiger partial charge in [0, 0.05) is 0 Å². The molecule has 0 N–H and O–H groups in total. The van der Waals surface area contributed by atoms with Gasteiger partial charge in [-0.05, 0) is 13.8 Å². The Hall–Kier alpha value is -1.34. The zero-order valence-electron chi connectivity index (χ0n) is 11.1. The van der Waals surface area contributed by atoms with Gasteiger partial charge in [-0.1, -0.05) is 83.1 Å². The largest absolute Gasteiger partial charge is 0.112 e. The van der Waals surface area contributed by atoms with Crippen molar-refractivity contribution in [1.82, 2.24) is 0 Å². The first kappa shape index (κ1) is 12.1. The van der Waals surface area contributed by atoms with Crippen LogP contribution in [0.15, 0.2) is 48.5 Å². The van der Waals surface area contributed by atoms with Crippen molar-refractivity contribution in [3.8, 4) is 0 Å². The number of hydrogen-bond donors (Lipinski definition) is 0. The topological polar surface area (TPSA) is 0 Å². The second-order valence-electron chi connectivity index (χ2n) is 5.31. The number of benzene rings is 2. The summed E-state index contributed by atoms with van der Waals surface area (Å²) in [5.41, 5.74) is 2.78. The average molecular weight is 240 g/mol. The average Bonchev–Trinajstić information content (AvgIpc) is 2.29. The second-order valence-corrected chi connectivity index (χ2v) is 9.68. The molecule has 88 valence electrons. The molecule has 1 heteroatoms. The smallest absolute Gasteiger partial charge is 0.0626 e. The standard InChI is InChI=1S/C16H20Si/c1-13-8-7-10-15(12-13)17(3,4)16-11-6-5-9-14(16)2/h5-12H,1-4H3. The minimum Gasteiger partial charge on any atom is -0.0626 e. The summed E-state index contributed by atoms with van der Waals surface area (Å²) in [4.78, 5) is 0. The molecule has 0 aromatic heterocycles. The summed E-state index contributed by atoms with van der Waals surface area (Å²) in [6, 6.07) is 17.8. The highest BCUT2D eigenvalue weighted by molar-refractivity contribution is 7.00. The summed E-state index contributed by atoms with van der Waals surface area (Å²) >= 11 is 0. The van der Waals surface area contributed by atoms with Crippen LogP contribution in [0, 0.1) is 13.8 Å². The third kappa shape index (κ3) is 2.34. The van der Waals surface area contributed by atoms with Crippen LogP contribution in [0.3, 0.4) is 0 Å². The third-order valence-electron chi connectivity index (χ3n) is 3.56. The molecule has 0 aliphatic heterocycles. The zero-order valence-corrected chi connectivity index (χ0v) is 12.1. The van der Waals surface area contributed by atoms with Crippen LogP contribution in [0.2, 0.25) is 13.1 Å². The maximum absolute atomic E-state index is 2.43. The van der Waals surface area contributed by atoms with Gasteiger partial charge < -0.3 is 0 Å². The predicted molar refractivity (Wildman–Crippen MR) is 79.1 cm³/mol. The van der Waals surface area contributed by atoms with Crippen LogP contribution in [0.4, 0.5) is 0 Å². The van der Waals surface area contributed by atoms with E-state index in [1.807, 2.05) is 0 Å². The van der Waals surface area contributed by atoms with Crippen molar-refractivity contribution in [2.24, 2.45) is 0 Å². The van der Waals surface area contributed by atoms with Crippen molar-refractivity contribution in [1.29, 1.82) is 0 Å². The third-order valence-corrected chi connectivity index (χ3v) is 7.22. The molecule has 2 aromatic rings. The van der Waals surface area contributed by atoms with Crippen LogP contribution in [-0.2, 0) is 0 Å². The minimum absolute atomic E-state index is 1.36. The van der Waals surface area contributed by atoms with Crippen molar-refractivity contribution in [2.75, 3.05) is 0 Å². The van der Waals surface area contributed by atoms with Gasteiger partial charge in [0.05, 0.1) is 0 Å². The van der Waals surface area contributed by atoms with Crippen molar-refractivity contribution >= 4 is 18.4 Å². The van der Waals surface area contributed by atoms with Crippen molar-refractivity contribution in [3.63, 3.8) is 0 Å². The van der Waals surface area contributed by atoms with Crippen LogP contribution < -0.4 is 10.4 Å². The van der Waals surface area contributed by atoms with Crippen LogP contribution in [0.5, 0.6) is 0 Å². The highest BCUT2D eigenvalue weighted by Crippen LogP contribution is 2.09. The van der Waals surface area contributed by atoms with E-state index in [-0.39, 0.29) is 0 Å². The summed E-state index contributed by atoms with van der Waals surface area (Å²) < 4.78 is 0. The second kappa shape index (κ2) is 4.50. The Morgan fingerprint density at radius 3 is 2.18 bits per heavy atom. The van der Waals surface area contributed by atoms with E-state index < -0.39 is 8.07 Å². The quantitative estimate of drug-likeness (QED) is 0.708. The van der Waals surface area contributed by atoms with Gasteiger partial charge in [0.15, 0.2) is 0 Å². The first-order valence-corrected chi connectivity index (χ1v) is 9.15. The molecule has 17 heavy (non-hydrogen) atoms. The van der Waals surface area contributed by atoms with Gasteiger partial charge in [0.25, 0.3) is 0 Å². The number of hydrogen-bond acceptors (Lipinski definition) is 0. The van der Waals surface area contributed by atoms with Gasteiger partial charge in [0.2, 0.25) is 0 Å². The maximum atomic E-state index is 2.43. The van der Waals surface area contributed by atoms with E-state index in [4.69, 9.17) is 0 Å². The molecule has 0 spiro atoms. The van der Waals surface area contributed by atoms with Crippen LogP contribution in [0.25, 0.3) is 0 Å². The van der Waals surface area contributed by atoms with Gasteiger partial charge in [0.1, 0.15) is 8.07 Å². The lowest BCUT2D eigenvalue weighted by molar-refractivity contribution is 1.47. The zero-order chi connectivity index (χ0) is 12.5. The number of aryl methyl sites for hydroxylation is 2. The first-order valence-electron chi connectivity index (χ1n) is 6.15. The molecule has 0 unspecified atom stereocenters. The van der Waals surface area contributed by atoms with Gasteiger partial charge in [-0.15, -0.1) is 0 Å². The molecular weight excluding hydrogens is 220 g/mol. The Labute approximate surface area is 105 Å². The van der Waals surface area contributed by atoms with Crippen LogP contribution in [-0.4, -0.2) is 8.07 Å². The molecule has 0 atom stereocenters. The lowest BCUT2D eigenvalue weighted by Crippen LogP contribution is -2.53. The normalized spacial score (nSPS) is 11.5. The molecule has 0 aliphatic carbocycles. The molecule has 0 heterocycles. The first-order chi connectivity index (χ1) is 8.01. The molecular formula is C16H20Si. The summed E-state index contributed by atoms with van der Waals surface area (Å²) in [6.07, 6.45) is 0. The van der Waals surface area contributed by atoms with Gasteiger partial charge in [-0.2, -0.15) is 0 Å². The Balaban J connectivity index is 2.53. The molecule has 0 radical (unpaired) electrons. The Kier molecular flexibility index (Phi) is 3.21. The lowest BCUT2D eigenvalue weighted by atomic mass is 10.2. The SMILES string of the molecule is Cc1cccc([Si](C)(C)c2ccccc2C)c1. The predicted octanol–water partition coefficient (Wildman–Crippen LogP) is 3.13. The molecule has 0 amide bonds. The lowest BCUT2D eigenvalue weighted by Gasteiger charge is -2.26. The summed E-state index contributed by atoms with van der Waals surface area (Å²) in [5.74, 6) is 0. The maximum Gasteiger partial charge on any atom is 0.112 e. The Bertz CT molecular complexity index is 527. The molecule has 0 fully saturated rings. The van der Waals surface area contributed by atoms with Gasteiger partial charge in [-0.25, -0.2) is 0 Å². The van der Waals surface area contributed by atoms with E-state index >= 15 is 0 Å². The summed E-state index contributed by atoms with van der Waals surface area (Å²) in [6.45, 7) is 9.26. The van der Waals surface area contributed by atoms with Crippen LogP contribution in [0.1, 0.15) is 11.1 Å².